The molecule has 1 aliphatic heterocycles. The van der Waals surface area contributed by atoms with Crippen LogP contribution in [-0.2, 0) is 9.59 Å². The molecule has 0 radical (unpaired) electrons. The van der Waals surface area contributed by atoms with Crippen LogP contribution in [0.15, 0.2) is 42.5 Å². The Bertz CT molecular complexity index is 672. The zero-order valence-electron chi connectivity index (χ0n) is 11.2. The van der Waals surface area contributed by atoms with Crippen molar-refractivity contribution in [3.63, 3.8) is 0 Å². The zero-order chi connectivity index (χ0) is 14.2. The van der Waals surface area contributed by atoms with E-state index in [1.807, 2.05) is 42.5 Å². The molecule has 102 valence electrons. The van der Waals surface area contributed by atoms with E-state index in [2.05, 4.69) is 0 Å². The Morgan fingerprint density at radius 3 is 2.30 bits per heavy atom. The highest BCUT2D eigenvalue weighted by Crippen LogP contribution is 2.36. The van der Waals surface area contributed by atoms with Crippen LogP contribution in [0, 0.1) is 0 Å². The number of hydrogen-bond acceptors (Lipinski definition) is 3. The Kier molecular flexibility index (Phi) is 3.12. The van der Waals surface area contributed by atoms with E-state index in [4.69, 9.17) is 5.73 Å². The van der Waals surface area contributed by atoms with Crippen molar-refractivity contribution in [2.24, 2.45) is 5.73 Å². The number of amides is 2. The molecule has 20 heavy (non-hydrogen) atoms. The lowest BCUT2D eigenvalue weighted by molar-refractivity contribution is -0.137. The van der Waals surface area contributed by atoms with Gasteiger partial charge in [0, 0.05) is 18.0 Å². The molecule has 4 nitrogen and oxygen atoms in total. The second-order valence-corrected chi connectivity index (χ2v) is 5.11. The number of rotatable bonds is 3. The number of benzene rings is 2. The lowest BCUT2D eigenvalue weighted by atomic mass is 10.1. The maximum absolute atomic E-state index is 12.4. The van der Waals surface area contributed by atoms with Crippen molar-refractivity contribution < 1.29 is 9.59 Å². The molecule has 1 fully saturated rings. The second-order valence-electron chi connectivity index (χ2n) is 5.11. The van der Waals surface area contributed by atoms with E-state index < -0.39 is 0 Å². The lowest BCUT2D eigenvalue weighted by Gasteiger charge is -2.28. The largest absolute Gasteiger partial charge is 0.326 e. The van der Waals surface area contributed by atoms with Gasteiger partial charge in [-0.25, -0.2) is 9.59 Å². The van der Waals surface area contributed by atoms with Gasteiger partial charge >= 0.3 is 11.8 Å². The minimum absolute atomic E-state index is 0.0446. The first-order valence-corrected chi connectivity index (χ1v) is 6.83. The van der Waals surface area contributed by atoms with Crippen LogP contribution in [0.25, 0.3) is 10.8 Å². The van der Waals surface area contributed by atoms with Crippen LogP contribution in [0.4, 0.5) is 5.69 Å². The predicted octanol–water partition coefficient (Wildman–Crippen LogP) is 1.95. The van der Waals surface area contributed by atoms with Crippen molar-refractivity contribution in [1.29, 1.82) is 0 Å². The summed E-state index contributed by atoms with van der Waals surface area (Å²) >= 11 is 0. The molecule has 0 spiro atoms. The maximum atomic E-state index is 12.4. The summed E-state index contributed by atoms with van der Waals surface area (Å²) in [5.74, 6) is -0.0893. The van der Waals surface area contributed by atoms with Gasteiger partial charge < -0.3 is 5.73 Å². The molecule has 2 aromatic carbocycles. The number of carbonyl (C=O) groups excluding carboxylic acids is 2. The summed E-state index contributed by atoms with van der Waals surface area (Å²) in [4.78, 5) is 24.9. The van der Waals surface area contributed by atoms with E-state index in [0.717, 1.165) is 16.5 Å². The molecular formula is C16H17N2O2+. The van der Waals surface area contributed by atoms with Crippen LogP contribution in [0.3, 0.4) is 0 Å². The van der Waals surface area contributed by atoms with E-state index in [1.165, 1.54) is 0 Å². The minimum Gasteiger partial charge on any atom is -0.326 e. The monoisotopic (exact) mass is 269 g/mol. The summed E-state index contributed by atoms with van der Waals surface area (Å²) in [5, 5.41) is 1.99. The van der Waals surface area contributed by atoms with Gasteiger partial charge in [0.1, 0.15) is 6.54 Å². The van der Waals surface area contributed by atoms with Gasteiger partial charge in [0.25, 0.3) is 0 Å². The van der Waals surface area contributed by atoms with E-state index >= 15 is 0 Å². The van der Waals surface area contributed by atoms with Crippen molar-refractivity contribution in [1.82, 2.24) is 4.48 Å². The molecule has 2 aromatic rings. The van der Waals surface area contributed by atoms with E-state index in [-0.39, 0.29) is 16.3 Å². The van der Waals surface area contributed by atoms with Gasteiger partial charge in [-0.3, -0.25) is 0 Å². The quantitative estimate of drug-likeness (QED) is 0.684. The topological polar surface area (TPSA) is 60.2 Å². The zero-order valence-corrected chi connectivity index (χ0v) is 11.2. The molecule has 4 heteroatoms. The van der Waals surface area contributed by atoms with Gasteiger partial charge in [-0.2, -0.15) is 4.48 Å². The highest BCUT2D eigenvalue weighted by molar-refractivity contribution is 6.17. The fourth-order valence-electron chi connectivity index (χ4n) is 3.11. The van der Waals surface area contributed by atoms with Gasteiger partial charge in [-0.1, -0.05) is 30.3 Å². The van der Waals surface area contributed by atoms with Crippen LogP contribution in [0.2, 0.25) is 0 Å². The number of quaternary nitrogens is 1. The van der Waals surface area contributed by atoms with Crippen molar-refractivity contribution >= 4 is 28.3 Å². The Labute approximate surface area is 117 Å². The Hall–Kier alpha value is -2.04. The molecule has 0 aliphatic carbocycles. The smallest absolute Gasteiger partial charge is 0.326 e. The van der Waals surface area contributed by atoms with Crippen molar-refractivity contribution in [2.75, 3.05) is 13.1 Å². The number of carbonyl (C=O) groups is 2. The molecule has 3 rings (SSSR count). The van der Waals surface area contributed by atoms with Crippen LogP contribution in [0.1, 0.15) is 12.8 Å². The van der Waals surface area contributed by atoms with E-state index in [9.17, 15) is 9.59 Å². The molecule has 1 heterocycles. The summed E-state index contributed by atoms with van der Waals surface area (Å²) in [6, 6.07) is 13.6. The molecule has 0 bridgehead atoms. The van der Waals surface area contributed by atoms with Crippen LogP contribution >= 0.6 is 0 Å². The normalized spacial score (nSPS) is 17.9. The Morgan fingerprint density at radius 2 is 1.60 bits per heavy atom. The fourth-order valence-corrected chi connectivity index (χ4v) is 3.11. The summed E-state index contributed by atoms with van der Waals surface area (Å²) in [5.41, 5.74) is 6.44. The molecule has 1 aliphatic rings. The standard InChI is InChI=1S/C16H17N2O2/c17-10-11-18(15(19)8-9-16(18)20)14-7-3-5-12-4-1-2-6-13(12)14/h1-7H,8-11,17H2/q+1. The third kappa shape index (κ3) is 1.69. The Morgan fingerprint density at radius 1 is 0.950 bits per heavy atom. The van der Waals surface area contributed by atoms with Gasteiger partial charge in [0.2, 0.25) is 0 Å². The van der Waals surface area contributed by atoms with Gasteiger partial charge in [0.15, 0.2) is 5.69 Å². The third-order valence-electron chi connectivity index (χ3n) is 4.05. The van der Waals surface area contributed by atoms with E-state index in [0.29, 0.717) is 25.9 Å². The molecule has 0 atom stereocenters. The SMILES string of the molecule is NCC[N+]1(c2cccc3ccccc23)C(=O)CCC1=O. The van der Waals surface area contributed by atoms with Crippen LogP contribution < -0.4 is 10.2 Å². The van der Waals surface area contributed by atoms with Crippen molar-refractivity contribution in [2.45, 2.75) is 12.8 Å². The average Bonchev–Trinajstić information content (AvgIpc) is 2.76. The molecule has 2 amide bonds. The summed E-state index contributed by atoms with van der Waals surface area (Å²) < 4.78 is -0.224. The fraction of sp³-hybridized carbons (Fsp3) is 0.250. The minimum atomic E-state index is -0.224. The van der Waals surface area contributed by atoms with Gasteiger partial charge in [-0.15, -0.1) is 0 Å². The lowest BCUT2D eigenvalue weighted by Crippen LogP contribution is -2.56. The number of fused-ring (bicyclic) bond motifs is 1. The molecule has 0 unspecified atom stereocenters. The predicted molar refractivity (Wildman–Crippen MR) is 78.9 cm³/mol. The van der Waals surface area contributed by atoms with Gasteiger partial charge in [0.05, 0.1) is 12.8 Å². The first-order valence-electron chi connectivity index (χ1n) is 6.83. The highest BCUT2D eigenvalue weighted by atomic mass is 16.2. The van der Waals surface area contributed by atoms with Crippen molar-refractivity contribution in [3.8, 4) is 0 Å². The Balaban J connectivity index is 2.31. The number of nitrogens with zero attached hydrogens (tertiary/aromatic N) is 1. The molecule has 2 N–H and O–H groups in total. The third-order valence-corrected chi connectivity index (χ3v) is 4.05. The molecule has 0 aromatic heterocycles. The number of imide groups is 1. The van der Waals surface area contributed by atoms with E-state index in [1.54, 1.807) is 0 Å². The molecule has 0 saturated carbocycles. The first kappa shape index (κ1) is 13.0. The summed E-state index contributed by atoms with van der Waals surface area (Å²) in [6.45, 7) is 0.645. The maximum Gasteiger partial charge on any atom is 0.326 e. The number of hydrogen-bond donors (Lipinski definition) is 1. The number of likely N-dealkylation sites (tertiary alicyclic amines) is 1. The molecular weight excluding hydrogens is 252 g/mol. The van der Waals surface area contributed by atoms with Crippen LogP contribution in [0.5, 0.6) is 0 Å². The summed E-state index contributed by atoms with van der Waals surface area (Å²) in [6.07, 6.45) is 0.615. The second kappa shape index (κ2) is 4.81. The summed E-state index contributed by atoms with van der Waals surface area (Å²) in [7, 11) is 0. The van der Waals surface area contributed by atoms with Crippen LogP contribution in [-0.4, -0.2) is 24.9 Å². The number of nitrogens with two attached hydrogens (primary N) is 1. The van der Waals surface area contributed by atoms with Gasteiger partial charge in [-0.05, 0) is 11.5 Å². The molecule has 1 saturated heterocycles. The first-order chi connectivity index (χ1) is 9.70. The highest BCUT2D eigenvalue weighted by Gasteiger charge is 2.51. The van der Waals surface area contributed by atoms with Crippen molar-refractivity contribution in [3.05, 3.63) is 42.5 Å². The average molecular weight is 269 g/mol.